The highest BCUT2D eigenvalue weighted by molar-refractivity contribution is 5.94. The molecule has 0 saturated heterocycles. The van der Waals surface area contributed by atoms with E-state index in [4.69, 9.17) is 5.11 Å². The predicted octanol–water partition coefficient (Wildman–Crippen LogP) is 4.09. The molecule has 3 nitrogen and oxygen atoms in total. The van der Waals surface area contributed by atoms with E-state index in [9.17, 15) is 9.18 Å². The van der Waals surface area contributed by atoms with Crippen LogP contribution in [0.15, 0.2) is 48.5 Å². The van der Waals surface area contributed by atoms with Crippen LogP contribution in [0.1, 0.15) is 35.3 Å². The van der Waals surface area contributed by atoms with Crippen molar-refractivity contribution < 1.29 is 14.3 Å². The molecule has 0 aliphatic heterocycles. The van der Waals surface area contributed by atoms with Crippen molar-refractivity contribution in [1.29, 1.82) is 0 Å². The van der Waals surface area contributed by atoms with Crippen molar-refractivity contribution in [3.63, 3.8) is 0 Å². The molecule has 4 heteroatoms. The van der Waals surface area contributed by atoms with E-state index in [1.165, 1.54) is 12.1 Å². The maximum absolute atomic E-state index is 13.2. The Morgan fingerprint density at radius 1 is 1.25 bits per heavy atom. The lowest BCUT2D eigenvalue weighted by atomic mass is 10.0. The van der Waals surface area contributed by atoms with E-state index in [0.29, 0.717) is 5.69 Å². The highest BCUT2D eigenvalue weighted by Gasteiger charge is 2.15. The molecule has 0 radical (unpaired) electrons. The van der Waals surface area contributed by atoms with Gasteiger partial charge in [0, 0.05) is 5.69 Å². The normalized spacial score (nSPS) is 11.9. The van der Waals surface area contributed by atoms with Crippen LogP contribution in [0.3, 0.4) is 0 Å². The Hall–Kier alpha value is -2.36. The molecule has 0 amide bonds. The molecule has 1 atom stereocenters. The topological polar surface area (TPSA) is 49.3 Å². The van der Waals surface area contributed by atoms with Crippen LogP contribution in [0.2, 0.25) is 0 Å². The number of carbonyl (C=O) groups is 1. The van der Waals surface area contributed by atoms with Gasteiger partial charge >= 0.3 is 5.97 Å². The van der Waals surface area contributed by atoms with Gasteiger partial charge in [0.05, 0.1) is 11.6 Å². The van der Waals surface area contributed by atoms with Crippen molar-refractivity contribution >= 4 is 11.7 Å². The molecule has 0 bridgehead atoms. The van der Waals surface area contributed by atoms with Crippen LogP contribution in [0.4, 0.5) is 10.1 Å². The lowest BCUT2D eigenvalue weighted by Gasteiger charge is -2.20. The van der Waals surface area contributed by atoms with Gasteiger partial charge in [0.25, 0.3) is 0 Å². The molecule has 0 heterocycles. The average molecular weight is 273 g/mol. The molecule has 0 aliphatic rings. The van der Waals surface area contributed by atoms with Gasteiger partial charge < -0.3 is 10.4 Å². The average Bonchev–Trinajstić information content (AvgIpc) is 2.46. The first kappa shape index (κ1) is 14.1. The minimum atomic E-state index is -1.14. The van der Waals surface area contributed by atoms with Crippen molar-refractivity contribution in [1.82, 2.24) is 0 Å². The van der Waals surface area contributed by atoms with Gasteiger partial charge in [-0.3, -0.25) is 0 Å². The largest absolute Gasteiger partial charge is 0.478 e. The third-order valence-corrected chi connectivity index (χ3v) is 3.15. The highest BCUT2D eigenvalue weighted by Crippen LogP contribution is 2.25. The molecular weight excluding hydrogens is 257 g/mol. The van der Waals surface area contributed by atoms with Crippen LogP contribution >= 0.6 is 0 Å². The predicted molar refractivity (Wildman–Crippen MR) is 76.5 cm³/mol. The first-order valence-corrected chi connectivity index (χ1v) is 6.46. The van der Waals surface area contributed by atoms with Gasteiger partial charge in [-0.15, -0.1) is 0 Å². The van der Waals surface area contributed by atoms with Crippen LogP contribution in [0.25, 0.3) is 0 Å². The zero-order chi connectivity index (χ0) is 14.5. The zero-order valence-corrected chi connectivity index (χ0v) is 11.1. The fraction of sp³-hybridized carbons (Fsp3) is 0.188. The van der Waals surface area contributed by atoms with E-state index >= 15 is 0 Å². The summed E-state index contributed by atoms with van der Waals surface area (Å²) >= 11 is 0. The summed E-state index contributed by atoms with van der Waals surface area (Å²) in [6.45, 7) is 2.01. The Morgan fingerprint density at radius 3 is 2.55 bits per heavy atom. The van der Waals surface area contributed by atoms with Crippen molar-refractivity contribution in [3.05, 3.63) is 65.5 Å². The van der Waals surface area contributed by atoms with Crippen molar-refractivity contribution in [2.75, 3.05) is 5.32 Å². The summed E-state index contributed by atoms with van der Waals surface area (Å²) in [5.41, 5.74) is 1.43. The lowest BCUT2D eigenvalue weighted by Crippen LogP contribution is -2.13. The number of carboxylic acid groups (broad SMARTS) is 1. The smallest absolute Gasteiger partial charge is 0.337 e. The summed E-state index contributed by atoms with van der Waals surface area (Å²) in [5.74, 6) is -1.70. The molecule has 0 aromatic heterocycles. The molecule has 0 saturated carbocycles. The van der Waals surface area contributed by atoms with Crippen molar-refractivity contribution in [2.24, 2.45) is 0 Å². The monoisotopic (exact) mass is 273 g/mol. The molecule has 2 N–H and O–H groups in total. The maximum atomic E-state index is 13.2. The Balaban J connectivity index is 2.31. The Kier molecular flexibility index (Phi) is 4.35. The summed E-state index contributed by atoms with van der Waals surface area (Å²) < 4.78 is 13.2. The van der Waals surface area contributed by atoms with E-state index in [-0.39, 0.29) is 11.6 Å². The summed E-state index contributed by atoms with van der Waals surface area (Å²) in [7, 11) is 0. The van der Waals surface area contributed by atoms with Gasteiger partial charge in [-0.25, -0.2) is 9.18 Å². The van der Waals surface area contributed by atoms with Crippen molar-refractivity contribution in [2.45, 2.75) is 19.4 Å². The molecule has 0 fully saturated rings. The molecule has 20 heavy (non-hydrogen) atoms. The molecule has 0 aliphatic carbocycles. The molecule has 2 aromatic rings. The number of rotatable bonds is 5. The first-order valence-electron chi connectivity index (χ1n) is 6.46. The SMILES string of the molecule is CCC(Nc1ccc(F)cc1C(=O)O)c1ccccc1. The number of anilines is 1. The second-order valence-electron chi connectivity index (χ2n) is 4.51. The third-order valence-electron chi connectivity index (χ3n) is 3.15. The van der Waals surface area contributed by atoms with Gasteiger partial charge in [-0.1, -0.05) is 37.3 Å². The van der Waals surface area contributed by atoms with Crippen LogP contribution in [0, 0.1) is 5.82 Å². The van der Waals surface area contributed by atoms with Crippen LogP contribution in [-0.2, 0) is 0 Å². The summed E-state index contributed by atoms with van der Waals surface area (Å²) in [6.07, 6.45) is 0.792. The van der Waals surface area contributed by atoms with Crippen LogP contribution in [0.5, 0.6) is 0 Å². The van der Waals surface area contributed by atoms with E-state index in [0.717, 1.165) is 18.1 Å². The minimum absolute atomic E-state index is 0.0141. The van der Waals surface area contributed by atoms with Gasteiger partial charge in [-0.2, -0.15) is 0 Å². The van der Waals surface area contributed by atoms with Gasteiger partial charge in [-0.05, 0) is 30.2 Å². The summed E-state index contributed by atoms with van der Waals surface area (Å²) in [5, 5.41) is 12.3. The zero-order valence-electron chi connectivity index (χ0n) is 11.1. The minimum Gasteiger partial charge on any atom is -0.478 e. The molecule has 1 unspecified atom stereocenters. The van der Waals surface area contributed by atoms with E-state index < -0.39 is 11.8 Å². The Bertz CT molecular complexity index is 599. The maximum Gasteiger partial charge on any atom is 0.337 e. The summed E-state index contributed by atoms with van der Waals surface area (Å²) in [4.78, 5) is 11.2. The number of carboxylic acids is 1. The highest BCUT2D eigenvalue weighted by atomic mass is 19.1. The molecule has 104 valence electrons. The van der Waals surface area contributed by atoms with E-state index in [1.54, 1.807) is 0 Å². The molecule has 0 spiro atoms. The van der Waals surface area contributed by atoms with Crippen LogP contribution in [-0.4, -0.2) is 11.1 Å². The van der Waals surface area contributed by atoms with Crippen LogP contribution < -0.4 is 5.32 Å². The lowest BCUT2D eigenvalue weighted by molar-refractivity contribution is 0.0697. The van der Waals surface area contributed by atoms with E-state index in [2.05, 4.69) is 5.32 Å². The molecule has 2 aromatic carbocycles. The Labute approximate surface area is 117 Å². The van der Waals surface area contributed by atoms with Gasteiger partial charge in [0.15, 0.2) is 0 Å². The molecule has 2 rings (SSSR count). The number of nitrogens with one attached hydrogen (secondary N) is 1. The second-order valence-corrected chi connectivity index (χ2v) is 4.51. The van der Waals surface area contributed by atoms with Gasteiger partial charge in [0.1, 0.15) is 5.82 Å². The number of aromatic carboxylic acids is 1. The number of hydrogen-bond acceptors (Lipinski definition) is 2. The van der Waals surface area contributed by atoms with Crippen molar-refractivity contribution in [3.8, 4) is 0 Å². The third kappa shape index (κ3) is 3.15. The quantitative estimate of drug-likeness (QED) is 0.862. The van der Waals surface area contributed by atoms with E-state index in [1.807, 2.05) is 37.3 Å². The number of halogens is 1. The number of hydrogen-bond donors (Lipinski definition) is 2. The summed E-state index contributed by atoms with van der Waals surface area (Å²) in [6, 6.07) is 13.5. The number of benzene rings is 2. The fourth-order valence-electron chi connectivity index (χ4n) is 2.11. The standard InChI is InChI=1S/C16H16FNO2/c1-2-14(11-6-4-3-5-7-11)18-15-9-8-12(17)10-13(15)16(19)20/h3-10,14,18H,2H2,1H3,(H,19,20). The Morgan fingerprint density at radius 2 is 1.95 bits per heavy atom. The second kappa shape index (κ2) is 6.19. The first-order chi connectivity index (χ1) is 9.61. The fourth-order valence-corrected chi connectivity index (χ4v) is 2.11. The van der Waals surface area contributed by atoms with Gasteiger partial charge in [0.2, 0.25) is 0 Å². The molecular formula is C16H16FNO2.